The largest absolute Gasteiger partial charge is 0.310 e. The van der Waals surface area contributed by atoms with Gasteiger partial charge in [-0.15, -0.1) is 0 Å². The third-order valence-corrected chi connectivity index (χ3v) is 25.1. The van der Waals surface area contributed by atoms with Gasteiger partial charge in [0.15, 0.2) is 8.07 Å². The first-order valence-corrected chi connectivity index (χ1v) is 30.7. The first-order chi connectivity index (χ1) is 39.1. The first kappa shape index (κ1) is 45.3. The zero-order chi connectivity index (χ0) is 51.9. The van der Waals surface area contributed by atoms with E-state index in [0.717, 1.165) is 11.6 Å². The highest BCUT2D eigenvalue weighted by molar-refractivity contribution is 7.20. The SMILES string of the molecule is c1ccc(C2(c3ccccc3)c3ccc(N4c5ccccc5C5(CC[C@@]67CC5C[C@H]6C7)c5ccccc54)cc3-c3cc(-n4c5ccccc5c5cc([Si](c6ccccc6)(c6ccccc6)c6ccccc6)ccc54)ccc32)cc1. The quantitative estimate of drug-likeness (QED) is 0.109. The molecular weight excluding hydrogens is 969 g/mol. The van der Waals surface area contributed by atoms with Crippen LogP contribution in [0.1, 0.15) is 65.5 Å². The van der Waals surface area contributed by atoms with Crippen LogP contribution in [0.2, 0.25) is 0 Å². The first-order valence-electron chi connectivity index (χ1n) is 28.7. The topological polar surface area (TPSA) is 8.17 Å². The molecule has 3 atom stereocenters. The van der Waals surface area contributed by atoms with Crippen LogP contribution in [0.15, 0.2) is 279 Å². The Morgan fingerprint density at radius 3 is 1.43 bits per heavy atom. The smallest absolute Gasteiger partial charge is 0.179 e. The fourth-order valence-corrected chi connectivity index (χ4v) is 21.8. The van der Waals surface area contributed by atoms with Crippen LogP contribution in [-0.4, -0.2) is 12.6 Å². The number of aromatic nitrogens is 1. The van der Waals surface area contributed by atoms with Crippen molar-refractivity contribution in [2.45, 2.75) is 42.9 Å². The molecule has 11 aromatic carbocycles. The number of anilines is 3. The van der Waals surface area contributed by atoms with Crippen molar-refractivity contribution >= 4 is 67.7 Å². The van der Waals surface area contributed by atoms with Crippen LogP contribution in [0, 0.1) is 17.3 Å². The van der Waals surface area contributed by atoms with Crippen LogP contribution < -0.4 is 25.6 Å². The molecule has 0 saturated heterocycles. The second-order valence-corrected chi connectivity index (χ2v) is 27.4. The molecule has 1 aliphatic heterocycles. The van der Waals surface area contributed by atoms with E-state index in [-0.39, 0.29) is 5.41 Å². The van der Waals surface area contributed by atoms with Gasteiger partial charge in [0.25, 0.3) is 0 Å². The molecule has 2 heterocycles. The average Bonchev–Trinajstić information content (AvgIpc) is 3.78. The molecule has 1 aromatic heterocycles. The van der Waals surface area contributed by atoms with Crippen LogP contribution in [-0.2, 0) is 10.8 Å². The van der Waals surface area contributed by atoms with Crippen LogP contribution >= 0.6 is 0 Å². The van der Waals surface area contributed by atoms with Crippen molar-refractivity contribution in [2.75, 3.05) is 4.90 Å². The second kappa shape index (κ2) is 16.9. The van der Waals surface area contributed by atoms with Crippen molar-refractivity contribution in [1.29, 1.82) is 0 Å². The van der Waals surface area contributed by atoms with E-state index in [0.29, 0.717) is 11.3 Å². The summed E-state index contributed by atoms with van der Waals surface area (Å²) in [4.78, 5) is 2.62. The van der Waals surface area contributed by atoms with E-state index in [9.17, 15) is 0 Å². The van der Waals surface area contributed by atoms with E-state index in [1.165, 1.54) is 136 Å². The number of hydrogen-bond donors (Lipinski definition) is 0. The maximum Gasteiger partial charge on any atom is 0.179 e. The molecule has 79 heavy (non-hydrogen) atoms. The Hall–Kier alpha value is -8.76. The number of hydrogen-bond acceptors (Lipinski definition) is 1. The number of benzene rings is 11. The summed E-state index contributed by atoms with van der Waals surface area (Å²) in [6.45, 7) is 0. The predicted molar refractivity (Wildman–Crippen MR) is 330 cm³/mol. The summed E-state index contributed by atoms with van der Waals surface area (Å²) in [6.07, 6.45) is 6.79. The Morgan fingerprint density at radius 2 is 0.835 bits per heavy atom. The summed E-state index contributed by atoms with van der Waals surface area (Å²) in [5.41, 5.74) is 18.3. The van der Waals surface area contributed by atoms with Gasteiger partial charge in [0.1, 0.15) is 0 Å². The molecule has 17 rings (SSSR count). The van der Waals surface area contributed by atoms with Gasteiger partial charge in [-0.3, -0.25) is 0 Å². The standard InChI is InChI=1S/C76H58N2Si/c1-6-22-52(23-7-1)76(53-24-8-2-9-25-53)66-41-38-56(77-70-35-19-16-32-62(70)65-49-61(40-43-71(65)77)79(58-26-10-3-11-27-58,59-28-12-4-13-29-59)60-30-14-5-15-31-60)47-63(66)64-48-57(39-42-67(64)76)78-72-36-20-17-33-68(72)75(69-34-18-21-37-73(69)78)45-44-74-50-54(74)46-55(75)51-74/h1-43,47-49,54-55H,44-46,50-51H2/t54-,55?,74+/m0/s1. The summed E-state index contributed by atoms with van der Waals surface area (Å²) >= 11 is 0. The van der Waals surface area contributed by atoms with E-state index in [4.69, 9.17) is 0 Å². The minimum Gasteiger partial charge on any atom is -0.310 e. The fourth-order valence-electron chi connectivity index (χ4n) is 17.0. The van der Waals surface area contributed by atoms with E-state index >= 15 is 0 Å². The fraction of sp³-hybridized carbons (Fsp3) is 0.132. The van der Waals surface area contributed by atoms with Gasteiger partial charge in [0.05, 0.1) is 27.8 Å². The lowest BCUT2D eigenvalue weighted by atomic mass is 9.56. The molecule has 3 heteroatoms. The van der Waals surface area contributed by atoms with Crippen molar-refractivity contribution in [3.05, 3.63) is 312 Å². The normalized spacial score (nSPS) is 19.6. The molecule has 0 radical (unpaired) electrons. The predicted octanol–water partition coefficient (Wildman–Crippen LogP) is 15.8. The van der Waals surface area contributed by atoms with E-state index in [1.807, 2.05) is 0 Å². The van der Waals surface area contributed by atoms with Crippen molar-refractivity contribution < 1.29 is 0 Å². The molecule has 1 unspecified atom stereocenters. The summed E-state index contributed by atoms with van der Waals surface area (Å²) in [5, 5.41) is 8.02. The molecule has 2 spiro atoms. The van der Waals surface area contributed by atoms with Gasteiger partial charge in [-0.2, -0.15) is 0 Å². The maximum absolute atomic E-state index is 2.80. The molecule has 0 N–H and O–H groups in total. The van der Waals surface area contributed by atoms with Crippen molar-refractivity contribution in [3.8, 4) is 16.8 Å². The minimum absolute atomic E-state index is 0.0355. The Bertz CT molecular complexity index is 4190. The monoisotopic (exact) mass is 1030 g/mol. The van der Waals surface area contributed by atoms with Crippen LogP contribution in [0.4, 0.5) is 17.1 Å². The summed E-state index contributed by atoms with van der Waals surface area (Å²) < 4.78 is 2.54. The van der Waals surface area contributed by atoms with Crippen LogP contribution in [0.3, 0.4) is 0 Å². The van der Waals surface area contributed by atoms with Gasteiger partial charge in [0, 0.05) is 27.6 Å². The molecule has 376 valence electrons. The lowest BCUT2D eigenvalue weighted by molar-refractivity contribution is 0.194. The molecule has 2 bridgehead atoms. The Labute approximate surface area is 463 Å². The van der Waals surface area contributed by atoms with Gasteiger partial charge in [-0.25, -0.2) is 0 Å². The Balaban J connectivity index is 0.893. The highest BCUT2D eigenvalue weighted by Gasteiger charge is 2.68. The minimum atomic E-state index is -2.80. The lowest BCUT2D eigenvalue weighted by Gasteiger charge is -2.51. The number of rotatable bonds is 8. The summed E-state index contributed by atoms with van der Waals surface area (Å²) in [7, 11) is -2.80. The van der Waals surface area contributed by atoms with Gasteiger partial charge in [0.2, 0.25) is 0 Å². The van der Waals surface area contributed by atoms with Gasteiger partial charge >= 0.3 is 0 Å². The third-order valence-electron chi connectivity index (χ3n) is 20.3. The summed E-state index contributed by atoms with van der Waals surface area (Å²) in [5.74, 6) is 1.60. The molecule has 3 fully saturated rings. The Kier molecular flexibility index (Phi) is 9.67. The summed E-state index contributed by atoms with van der Waals surface area (Å²) in [6, 6.07) is 107. The van der Waals surface area contributed by atoms with E-state index in [2.05, 4.69) is 289 Å². The number of para-hydroxylation sites is 3. The average molecular weight is 1030 g/mol. The zero-order valence-electron chi connectivity index (χ0n) is 44.1. The second-order valence-electron chi connectivity index (χ2n) is 23.6. The lowest BCUT2D eigenvalue weighted by Crippen LogP contribution is -2.74. The molecule has 3 saturated carbocycles. The highest BCUT2D eigenvalue weighted by atomic mass is 28.3. The zero-order valence-corrected chi connectivity index (χ0v) is 45.1. The van der Waals surface area contributed by atoms with Crippen LogP contribution in [0.25, 0.3) is 38.6 Å². The molecule has 0 amide bonds. The molecule has 4 aliphatic carbocycles. The van der Waals surface area contributed by atoms with Gasteiger partial charge in [-0.1, -0.05) is 231 Å². The Morgan fingerprint density at radius 1 is 0.354 bits per heavy atom. The van der Waals surface area contributed by atoms with Crippen LogP contribution in [0.5, 0.6) is 0 Å². The molecule has 12 aromatic rings. The number of fused-ring (bicyclic) bond motifs is 12. The van der Waals surface area contributed by atoms with Gasteiger partial charge < -0.3 is 9.47 Å². The van der Waals surface area contributed by atoms with Crippen molar-refractivity contribution in [2.24, 2.45) is 17.3 Å². The molecule has 2 nitrogen and oxygen atoms in total. The molecular formula is C76H58N2Si. The number of nitrogens with zero attached hydrogens (tertiary/aromatic N) is 2. The van der Waals surface area contributed by atoms with E-state index < -0.39 is 13.5 Å². The van der Waals surface area contributed by atoms with Gasteiger partial charge in [-0.05, 0) is 163 Å². The maximum atomic E-state index is 2.62. The molecule has 5 aliphatic rings. The van der Waals surface area contributed by atoms with E-state index in [1.54, 1.807) is 0 Å². The highest BCUT2D eigenvalue weighted by Crippen LogP contribution is 2.77. The third kappa shape index (κ3) is 6.12. The van der Waals surface area contributed by atoms with Crippen molar-refractivity contribution in [3.63, 3.8) is 0 Å². The van der Waals surface area contributed by atoms with Crippen molar-refractivity contribution in [1.82, 2.24) is 4.57 Å².